The molecule has 5 rings (SSSR count). The summed E-state index contributed by atoms with van der Waals surface area (Å²) in [5.41, 5.74) is 3.18. The molecule has 0 spiro atoms. The Hall–Kier alpha value is -4.21. The Morgan fingerprint density at radius 1 is 0.833 bits per heavy atom. The van der Waals surface area contributed by atoms with Crippen LogP contribution in [0.2, 0.25) is 0 Å². The van der Waals surface area contributed by atoms with E-state index in [1.165, 1.54) is 6.33 Å². The molecule has 10 nitrogen and oxygen atoms in total. The van der Waals surface area contributed by atoms with Crippen molar-refractivity contribution in [2.45, 2.75) is 24.8 Å². The van der Waals surface area contributed by atoms with E-state index in [0.29, 0.717) is 53.1 Å². The van der Waals surface area contributed by atoms with Gasteiger partial charge in [0.1, 0.15) is 18.1 Å². The van der Waals surface area contributed by atoms with Crippen LogP contribution >= 0.6 is 0 Å². The van der Waals surface area contributed by atoms with E-state index in [9.17, 15) is 4.79 Å². The van der Waals surface area contributed by atoms with Gasteiger partial charge in [0.15, 0.2) is 28.8 Å². The average molecular weight is 493 g/mol. The summed E-state index contributed by atoms with van der Waals surface area (Å²) in [6.45, 7) is 0. The number of fused-ring (bicyclic) bond motifs is 1. The summed E-state index contributed by atoms with van der Waals surface area (Å²) in [6, 6.07) is 8.83. The lowest BCUT2D eigenvalue weighted by molar-refractivity contribution is -0.116. The van der Waals surface area contributed by atoms with E-state index < -0.39 is 6.04 Å². The van der Waals surface area contributed by atoms with E-state index in [1.54, 1.807) is 46.3 Å². The Kier molecular flexibility index (Phi) is 6.17. The summed E-state index contributed by atoms with van der Waals surface area (Å²) in [4.78, 5) is 18.2. The smallest absolute Gasteiger partial charge is 0.226 e. The molecule has 1 aromatic heterocycles. The van der Waals surface area contributed by atoms with Crippen LogP contribution in [0, 0.1) is 0 Å². The Bertz CT molecular complexity index is 1350. The van der Waals surface area contributed by atoms with Gasteiger partial charge in [-0.1, -0.05) is 6.07 Å². The first kappa shape index (κ1) is 23.5. The number of rotatable bonds is 7. The Balaban J connectivity index is 1.61. The topological polar surface area (TPSA) is 106 Å². The highest BCUT2D eigenvalue weighted by molar-refractivity contribution is 6.00. The van der Waals surface area contributed by atoms with Gasteiger partial charge in [-0.15, -0.1) is 0 Å². The fraction of sp³-hybridized carbons (Fsp3) is 0.346. The molecule has 2 atom stereocenters. The van der Waals surface area contributed by atoms with Gasteiger partial charge in [-0.05, 0) is 36.1 Å². The van der Waals surface area contributed by atoms with Gasteiger partial charge in [0.25, 0.3) is 0 Å². The van der Waals surface area contributed by atoms with E-state index in [1.807, 2.05) is 24.3 Å². The molecule has 0 amide bonds. The molecule has 188 valence electrons. The summed E-state index contributed by atoms with van der Waals surface area (Å²) in [6.07, 6.45) is 2.43. The second kappa shape index (κ2) is 9.44. The monoisotopic (exact) mass is 492 g/mol. The molecule has 0 unspecified atom stereocenters. The largest absolute Gasteiger partial charge is 0.496 e. The fourth-order valence-electron chi connectivity index (χ4n) is 5.05. The molecule has 10 heteroatoms. The van der Waals surface area contributed by atoms with Crippen molar-refractivity contribution >= 4 is 11.7 Å². The highest BCUT2D eigenvalue weighted by Crippen LogP contribution is 2.48. The summed E-state index contributed by atoms with van der Waals surface area (Å²) >= 11 is 0. The van der Waals surface area contributed by atoms with Gasteiger partial charge in [-0.3, -0.25) is 4.79 Å². The maximum Gasteiger partial charge on any atom is 0.226 e. The Labute approximate surface area is 208 Å². The third-order valence-electron chi connectivity index (χ3n) is 6.77. The van der Waals surface area contributed by atoms with Crippen LogP contribution in [-0.4, -0.2) is 56.1 Å². The van der Waals surface area contributed by atoms with Crippen LogP contribution in [-0.2, 0) is 4.79 Å². The first-order valence-corrected chi connectivity index (χ1v) is 11.5. The van der Waals surface area contributed by atoms with Gasteiger partial charge in [0.05, 0.1) is 35.5 Å². The van der Waals surface area contributed by atoms with Gasteiger partial charge in [-0.25, -0.2) is 4.68 Å². The lowest BCUT2D eigenvalue weighted by Crippen LogP contribution is -2.33. The van der Waals surface area contributed by atoms with E-state index in [2.05, 4.69) is 15.4 Å². The molecular formula is C26H28N4O6. The molecule has 36 heavy (non-hydrogen) atoms. The van der Waals surface area contributed by atoms with Crippen LogP contribution in [0.3, 0.4) is 0 Å². The first-order valence-electron chi connectivity index (χ1n) is 11.5. The summed E-state index contributed by atoms with van der Waals surface area (Å²) in [7, 11) is 7.92. The Morgan fingerprint density at radius 2 is 1.50 bits per heavy atom. The number of ketones is 1. The number of hydrogen-bond donors (Lipinski definition) is 1. The van der Waals surface area contributed by atoms with Gasteiger partial charge in [-0.2, -0.15) is 10.1 Å². The third-order valence-corrected chi connectivity index (χ3v) is 6.77. The molecule has 1 aliphatic heterocycles. The van der Waals surface area contributed by atoms with Crippen molar-refractivity contribution in [3.63, 3.8) is 0 Å². The molecule has 0 saturated carbocycles. The number of aromatic nitrogens is 3. The number of hydrogen-bond acceptors (Lipinski definition) is 9. The van der Waals surface area contributed by atoms with Gasteiger partial charge < -0.3 is 29.0 Å². The first-order chi connectivity index (χ1) is 17.5. The van der Waals surface area contributed by atoms with Crippen LogP contribution < -0.4 is 29.0 Å². The van der Waals surface area contributed by atoms with Gasteiger partial charge in [0.2, 0.25) is 5.95 Å². The molecule has 0 bridgehead atoms. The van der Waals surface area contributed by atoms with Crippen molar-refractivity contribution in [2.75, 3.05) is 40.9 Å². The average Bonchev–Trinajstić information content (AvgIpc) is 3.38. The minimum absolute atomic E-state index is 0.0199. The lowest BCUT2D eigenvalue weighted by atomic mass is 9.77. The van der Waals surface area contributed by atoms with E-state index in [0.717, 1.165) is 16.8 Å². The minimum atomic E-state index is -0.535. The minimum Gasteiger partial charge on any atom is -0.496 e. The summed E-state index contributed by atoms with van der Waals surface area (Å²) in [5.74, 6) is 3.43. The van der Waals surface area contributed by atoms with E-state index >= 15 is 0 Å². The van der Waals surface area contributed by atoms with Crippen LogP contribution in [0.15, 0.2) is 47.9 Å². The predicted molar refractivity (Wildman–Crippen MR) is 131 cm³/mol. The van der Waals surface area contributed by atoms with Gasteiger partial charge in [0, 0.05) is 29.3 Å². The summed E-state index contributed by atoms with van der Waals surface area (Å²) < 4.78 is 29.3. The molecule has 0 saturated heterocycles. The van der Waals surface area contributed by atoms with Crippen molar-refractivity contribution < 1.29 is 28.5 Å². The molecule has 1 aliphatic carbocycles. The van der Waals surface area contributed by atoms with Crippen molar-refractivity contribution in [3.05, 3.63) is 59.1 Å². The number of allylic oxidation sites excluding steroid dienone is 2. The number of benzene rings is 2. The molecular weight excluding hydrogens is 464 g/mol. The molecule has 2 heterocycles. The molecule has 2 aliphatic rings. The number of nitrogens with zero attached hydrogens (tertiary/aromatic N) is 3. The number of ether oxygens (including phenoxy) is 5. The van der Waals surface area contributed by atoms with Gasteiger partial charge >= 0.3 is 0 Å². The Morgan fingerprint density at radius 3 is 2.19 bits per heavy atom. The highest BCUT2D eigenvalue weighted by Gasteiger charge is 2.41. The number of anilines is 1. The SMILES string of the molecule is COc1ccc([C@@H]2CC(=O)C3=C(C2)Nc2ncnn2[C@H]3c2cc(OC)c(OC)cc2OC)cc1OC. The van der Waals surface area contributed by atoms with Crippen molar-refractivity contribution in [1.29, 1.82) is 0 Å². The molecule has 3 aromatic rings. The van der Waals surface area contributed by atoms with Crippen molar-refractivity contribution in [1.82, 2.24) is 14.8 Å². The maximum atomic E-state index is 13.8. The maximum absolute atomic E-state index is 13.8. The zero-order valence-electron chi connectivity index (χ0n) is 20.8. The van der Waals surface area contributed by atoms with Crippen molar-refractivity contribution in [3.8, 4) is 28.7 Å². The van der Waals surface area contributed by atoms with E-state index in [-0.39, 0.29) is 11.7 Å². The number of methoxy groups -OCH3 is 5. The van der Waals surface area contributed by atoms with E-state index in [4.69, 9.17) is 23.7 Å². The predicted octanol–water partition coefficient (Wildman–Crippen LogP) is 3.74. The molecule has 0 radical (unpaired) electrons. The summed E-state index contributed by atoms with van der Waals surface area (Å²) in [5, 5.41) is 7.78. The third kappa shape index (κ3) is 3.78. The quantitative estimate of drug-likeness (QED) is 0.528. The highest BCUT2D eigenvalue weighted by atomic mass is 16.5. The number of Topliss-reactive ketones (excluding diaryl/α,β-unsaturated/α-hetero) is 1. The molecule has 1 N–H and O–H groups in total. The number of nitrogens with one attached hydrogen (secondary N) is 1. The van der Waals surface area contributed by atoms with Crippen LogP contribution in [0.5, 0.6) is 28.7 Å². The number of carbonyl (C=O) groups is 1. The second-order valence-electron chi connectivity index (χ2n) is 8.54. The number of carbonyl (C=O) groups excluding carboxylic acids is 1. The standard InChI is InChI=1S/C26H28N4O6/c1-32-19-7-6-14(10-21(19)34-3)15-8-17-24(18(31)9-15)25(30-26(29-17)27-13-28-30)16-11-22(35-4)23(36-5)12-20(16)33-2/h6-7,10-13,15,25H,8-9H2,1-5H3,(H,27,28,29)/t15-,25-/m0/s1. The fourth-order valence-corrected chi connectivity index (χ4v) is 5.05. The molecule has 0 fully saturated rings. The zero-order valence-corrected chi connectivity index (χ0v) is 20.8. The molecule has 2 aromatic carbocycles. The van der Waals surface area contributed by atoms with Crippen LogP contribution in [0.25, 0.3) is 0 Å². The van der Waals surface area contributed by atoms with Crippen LogP contribution in [0.1, 0.15) is 35.9 Å². The van der Waals surface area contributed by atoms with Crippen LogP contribution in [0.4, 0.5) is 5.95 Å². The lowest BCUT2D eigenvalue weighted by Gasteiger charge is -2.35. The van der Waals surface area contributed by atoms with Crippen molar-refractivity contribution in [2.24, 2.45) is 0 Å². The normalized spacial score (nSPS) is 18.6. The second-order valence-corrected chi connectivity index (χ2v) is 8.54. The zero-order chi connectivity index (χ0) is 25.4.